The summed E-state index contributed by atoms with van der Waals surface area (Å²) in [5.74, 6) is -1.98. The minimum absolute atomic E-state index is 0.00936. The number of rotatable bonds is 6. The zero-order chi connectivity index (χ0) is 16.8. The largest absolute Gasteiger partial charge is 0.306 e. The Morgan fingerprint density at radius 2 is 2.04 bits per heavy atom. The Labute approximate surface area is 134 Å². The van der Waals surface area contributed by atoms with Crippen LogP contribution in [0.4, 0.5) is 14.6 Å². The second-order valence-corrected chi connectivity index (χ2v) is 4.89. The van der Waals surface area contributed by atoms with E-state index in [1.807, 2.05) is 0 Å². The Morgan fingerprint density at radius 1 is 1.35 bits per heavy atom. The number of azide groups is 1. The van der Waals surface area contributed by atoms with Gasteiger partial charge in [0, 0.05) is 23.7 Å². The molecule has 0 atom stereocenters. The molecule has 0 bridgehead atoms. The SMILES string of the molecule is [N-]=[N+]=Nc1nccc(Cl)c1C(=O)CNCc1cc(F)cc(F)c1. The first-order chi connectivity index (χ1) is 11.0. The van der Waals surface area contributed by atoms with Gasteiger partial charge >= 0.3 is 0 Å². The predicted octanol–water partition coefficient (Wildman–Crippen LogP) is 3.93. The fourth-order valence-corrected chi connectivity index (χ4v) is 2.17. The Hall–Kier alpha value is -2.54. The van der Waals surface area contributed by atoms with Crippen LogP contribution in [0.3, 0.4) is 0 Å². The molecule has 0 aliphatic heterocycles. The van der Waals surface area contributed by atoms with E-state index < -0.39 is 17.4 Å². The molecule has 2 aromatic rings. The molecule has 9 heteroatoms. The number of ketones is 1. The highest BCUT2D eigenvalue weighted by atomic mass is 35.5. The van der Waals surface area contributed by atoms with Crippen LogP contribution in [0.1, 0.15) is 15.9 Å². The Balaban J connectivity index is 2.07. The van der Waals surface area contributed by atoms with Crippen molar-refractivity contribution in [2.24, 2.45) is 5.11 Å². The minimum Gasteiger partial charge on any atom is -0.306 e. The number of carbonyl (C=O) groups is 1. The van der Waals surface area contributed by atoms with E-state index in [9.17, 15) is 13.6 Å². The van der Waals surface area contributed by atoms with Crippen LogP contribution in [-0.4, -0.2) is 17.3 Å². The Kier molecular flexibility index (Phi) is 5.59. The molecule has 23 heavy (non-hydrogen) atoms. The molecule has 0 aliphatic carbocycles. The van der Waals surface area contributed by atoms with Crippen molar-refractivity contribution >= 4 is 23.2 Å². The summed E-state index contributed by atoms with van der Waals surface area (Å²) in [6.45, 7) is -0.0906. The molecule has 0 saturated heterocycles. The summed E-state index contributed by atoms with van der Waals surface area (Å²) in [6.07, 6.45) is 1.31. The average Bonchev–Trinajstić information content (AvgIpc) is 2.46. The Morgan fingerprint density at radius 3 is 2.70 bits per heavy atom. The van der Waals surface area contributed by atoms with Crippen molar-refractivity contribution in [1.29, 1.82) is 0 Å². The highest BCUT2D eigenvalue weighted by Crippen LogP contribution is 2.24. The average molecular weight is 338 g/mol. The molecular weight excluding hydrogens is 328 g/mol. The number of benzene rings is 1. The van der Waals surface area contributed by atoms with Crippen LogP contribution in [0, 0.1) is 11.6 Å². The van der Waals surface area contributed by atoms with E-state index in [1.165, 1.54) is 12.3 Å². The smallest absolute Gasteiger partial charge is 0.180 e. The van der Waals surface area contributed by atoms with Gasteiger partial charge in [-0.1, -0.05) is 11.6 Å². The second-order valence-electron chi connectivity index (χ2n) is 4.49. The van der Waals surface area contributed by atoms with Crippen molar-refractivity contribution in [2.75, 3.05) is 6.54 Å². The number of Topliss-reactive ketones (excluding diaryl/α,β-unsaturated/α-hetero) is 1. The first kappa shape index (κ1) is 16.8. The van der Waals surface area contributed by atoms with Crippen molar-refractivity contribution in [3.8, 4) is 0 Å². The first-order valence-corrected chi connectivity index (χ1v) is 6.77. The lowest BCUT2D eigenvalue weighted by molar-refractivity contribution is 0.0991. The van der Waals surface area contributed by atoms with Gasteiger partial charge in [0.2, 0.25) is 0 Å². The summed E-state index contributed by atoms with van der Waals surface area (Å²) in [6, 6.07) is 4.47. The highest BCUT2D eigenvalue weighted by Gasteiger charge is 2.15. The topological polar surface area (TPSA) is 90.8 Å². The van der Waals surface area contributed by atoms with E-state index in [1.54, 1.807) is 0 Å². The van der Waals surface area contributed by atoms with Crippen LogP contribution in [0.15, 0.2) is 35.6 Å². The molecule has 0 spiro atoms. The fraction of sp³-hybridized carbons (Fsp3) is 0.143. The molecule has 6 nitrogen and oxygen atoms in total. The van der Waals surface area contributed by atoms with Gasteiger partial charge in [0.05, 0.1) is 17.1 Å². The maximum Gasteiger partial charge on any atom is 0.180 e. The van der Waals surface area contributed by atoms with E-state index in [4.69, 9.17) is 17.1 Å². The molecule has 0 amide bonds. The van der Waals surface area contributed by atoms with Crippen molar-refractivity contribution in [3.05, 3.63) is 68.7 Å². The third-order valence-electron chi connectivity index (χ3n) is 2.84. The third-order valence-corrected chi connectivity index (χ3v) is 3.15. The van der Waals surface area contributed by atoms with Gasteiger partial charge in [-0.05, 0) is 34.4 Å². The molecule has 1 N–H and O–H groups in total. The summed E-state index contributed by atoms with van der Waals surface area (Å²) in [4.78, 5) is 18.5. The molecule has 1 aromatic heterocycles. The van der Waals surface area contributed by atoms with E-state index >= 15 is 0 Å². The monoisotopic (exact) mass is 337 g/mol. The van der Waals surface area contributed by atoms with E-state index in [0.717, 1.165) is 18.2 Å². The summed E-state index contributed by atoms with van der Waals surface area (Å²) in [5.41, 5.74) is 8.81. The first-order valence-electron chi connectivity index (χ1n) is 6.39. The van der Waals surface area contributed by atoms with Crippen molar-refractivity contribution < 1.29 is 13.6 Å². The van der Waals surface area contributed by atoms with Gasteiger partial charge in [0.15, 0.2) is 5.78 Å². The number of carbonyl (C=O) groups excluding carboxylic acids is 1. The molecular formula is C14H10ClF2N5O. The molecule has 0 unspecified atom stereocenters. The van der Waals surface area contributed by atoms with Crippen molar-refractivity contribution in [3.63, 3.8) is 0 Å². The molecule has 2 rings (SSSR count). The standard InChI is InChI=1S/C14H10ClF2N5O/c15-11-1-2-20-14(21-22-18)13(11)12(23)7-19-6-8-3-9(16)5-10(17)4-8/h1-5,19H,6-7H2. The third kappa shape index (κ3) is 4.46. The molecule has 1 aromatic carbocycles. The van der Waals surface area contributed by atoms with Gasteiger partial charge in [0.1, 0.15) is 17.5 Å². The van der Waals surface area contributed by atoms with Gasteiger partial charge < -0.3 is 5.32 Å². The molecule has 0 aliphatic rings. The lowest BCUT2D eigenvalue weighted by atomic mass is 10.1. The predicted molar refractivity (Wildman–Crippen MR) is 80.4 cm³/mol. The molecule has 1 heterocycles. The number of hydrogen-bond acceptors (Lipinski definition) is 4. The number of nitrogens with zero attached hydrogens (tertiary/aromatic N) is 4. The Bertz CT molecular complexity index is 772. The number of pyridine rings is 1. The molecule has 0 radical (unpaired) electrons. The number of nitrogens with one attached hydrogen (secondary N) is 1. The van der Waals surface area contributed by atoms with Gasteiger partial charge in [-0.25, -0.2) is 8.78 Å². The lowest BCUT2D eigenvalue weighted by Crippen LogP contribution is -2.23. The van der Waals surface area contributed by atoms with Crippen LogP contribution in [0.5, 0.6) is 0 Å². The maximum atomic E-state index is 13.1. The van der Waals surface area contributed by atoms with Crippen LogP contribution in [0.2, 0.25) is 5.02 Å². The maximum absolute atomic E-state index is 13.1. The summed E-state index contributed by atoms with van der Waals surface area (Å²) >= 11 is 5.93. The zero-order valence-electron chi connectivity index (χ0n) is 11.6. The quantitative estimate of drug-likeness (QED) is 0.375. The zero-order valence-corrected chi connectivity index (χ0v) is 12.4. The van der Waals surface area contributed by atoms with Gasteiger partial charge in [-0.15, -0.1) is 0 Å². The second kappa shape index (κ2) is 7.64. The van der Waals surface area contributed by atoms with Crippen LogP contribution >= 0.6 is 11.6 Å². The minimum atomic E-state index is -0.700. The van der Waals surface area contributed by atoms with Crippen molar-refractivity contribution in [2.45, 2.75) is 6.54 Å². The van der Waals surface area contributed by atoms with Crippen LogP contribution < -0.4 is 5.32 Å². The van der Waals surface area contributed by atoms with E-state index in [0.29, 0.717) is 5.56 Å². The molecule has 0 fully saturated rings. The van der Waals surface area contributed by atoms with Gasteiger partial charge in [0.25, 0.3) is 0 Å². The summed E-state index contributed by atoms with van der Waals surface area (Å²) in [5, 5.41) is 6.16. The molecule has 0 saturated carbocycles. The summed E-state index contributed by atoms with van der Waals surface area (Å²) < 4.78 is 26.1. The molecule has 118 valence electrons. The number of halogens is 3. The van der Waals surface area contributed by atoms with Crippen molar-refractivity contribution in [1.82, 2.24) is 10.3 Å². The van der Waals surface area contributed by atoms with Gasteiger partial charge in [-0.2, -0.15) is 0 Å². The highest BCUT2D eigenvalue weighted by molar-refractivity contribution is 6.34. The van der Waals surface area contributed by atoms with Gasteiger partial charge in [-0.3, -0.25) is 9.78 Å². The fourth-order valence-electron chi connectivity index (χ4n) is 1.93. The lowest BCUT2D eigenvalue weighted by Gasteiger charge is -2.08. The van der Waals surface area contributed by atoms with E-state index in [2.05, 4.69) is 20.3 Å². The number of hydrogen-bond donors (Lipinski definition) is 1. The van der Waals surface area contributed by atoms with E-state index in [-0.39, 0.29) is 29.5 Å². The summed E-state index contributed by atoms with van der Waals surface area (Å²) in [7, 11) is 0. The number of aromatic nitrogens is 1. The van der Waals surface area contributed by atoms with Crippen LogP contribution in [0.25, 0.3) is 10.4 Å². The normalized spacial score (nSPS) is 10.2. The van der Waals surface area contributed by atoms with Crippen LogP contribution in [-0.2, 0) is 6.54 Å².